The van der Waals surface area contributed by atoms with E-state index in [9.17, 15) is 4.79 Å². The molecule has 1 aliphatic carbocycles. The fraction of sp³-hybridized carbons (Fsp3) is 0.667. The molecule has 1 aromatic rings. The van der Waals surface area contributed by atoms with Gasteiger partial charge in [-0.15, -0.1) is 0 Å². The Morgan fingerprint density at radius 2 is 2.14 bits per heavy atom. The molecule has 0 aliphatic heterocycles. The van der Waals surface area contributed by atoms with Crippen molar-refractivity contribution in [3.63, 3.8) is 0 Å². The molecule has 0 atom stereocenters. The van der Waals surface area contributed by atoms with Gasteiger partial charge in [0.2, 0.25) is 0 Å². The van der Waals surface area contributed by atoms with Crippen molar-refractivity contribution in [3.8, 4) is 0 Å². The maximum Gasteiger partial charge on any atom is 0.317 e. The van der Waals surface area contributed by atoms with Crippen LogP contribution < -0.4 is 5.32 Å². The number of hydrogen-bond donors (Lipinski definition) is 2. The second-order valence-corrected chi connectivity index (χ2v) is 5.57. The Kier molecular flexibility index (Phi) is 5.12. The van der Waals surface area contributed by atoms with Crippen molar-refractivity contribution in [2.75, 3.05) is 18.4 Å². The molecule has 116 valence electrons. The highest BCUT2D eigenvalue weighted by atomic mass is 16.4. The predicted molar refractivity (Wildman–Crippen MR) is 81.5 cm³/mol. The maximum absolute atomic E-state index is 10.8. The van der Waals surface area contributed by atoms with E-state index in [-0.39, 0.29) is 6.54 Å². The number of likely N-dealkylation sites (N-methyl/N-ethyl adjacent to an activating group) is 1. The summed E-state index contributed by atoms with van der Waals surface area (Å²) in [5.74, 6) is 0.908. The standard InChI is InChI=1S/C15H24N4O2/c1-4-11-8-14(17-10(3)16-11)18-12-6-13(7-12)19(5-2)9-15(20)21/h8,12-13H,4-7,9H2,1-3H3,(H,20,21)(H,16,17,18). The van der Waals surface area contributed by atoms with E-state index in [0.29, 0.717) is 12.1 Å². The van der Waals surface area contributed by atoms with Gasteiger partial charge in [0.05, 0.1) is 6.54 Å². The molecular weight excluding hydrogens is 268 g/mol. The number of carboxylic acid groups (broad SMARTS) is 1. The molecule has 1 fully saturated rings. The molecule has 2 rings (SSSR count). The zero-order valence-electron chi connectivity index (χ0n) is 13.0. The molecule has 0 aromatic carbocycles. The summed E-state index contributed by atoms with van der Waals surface area (Å²) in [5, 5.41) is 12.3. The van der Waals surface area contributed by atoms with Crippen LogP contribution in [-0.2, 0) is 11.2 Å². The molecule has 0 unspecified atom stereocenters. The molecule has 1 aliphatic rings. The minimum atomic E-state index is -0.757. The van der Waals surface area contributed by atoms with Gasteiger partial charge >= 0.3 is 5.97 Å². The van der Waals surface area contributed by atoms with Gasteiger partial charge in [0.15, 0.2) is 0 Å². The fourth-order valence-electron chi connectivity index (χ4n) is 2.77. The smallest absolute Gasteiger partial charge is 0.317 e. The van der Waals surface area contributed by atoms with Gasteiger partial charge in [0.1, 0.15) is 11.6 Å². The van der Waals surface area contributed by atoms with Crippen LogP contribution in [0.3, 0.4) is 0 Å². The van der Waals surface area contributed by atoms with Gasteiger partial charge < -0.3 is 10.4 Å². The Bertz CT molecular complexity index is 500. The Labute approximate surface area is 125 Å². The minimum Gasteiger partial charge on any atom is -0.480 e. The quantitative estimate of drug-likeness (QED) is 0.796. The van der Waals surface area contributed by atoms with Gasteiger partial charge in [-0.1, -0.05) is 13.8 Å². The third-order valence-electron chi connectivity index (χ3n) is 3.98. The van der Waals surface area contributed by atoms with E-state index in [2.05, 4.69) is 22.2 Å². The summed E-state index contributed by atoms with van der Waals surface area (Å²) in [4.78, 5) is 21.6. The van der Waals surface area contributed by atoms with E-state index in [4.69, 9.17) is 5.11 Å². The number of hydrogen-bond acceptors (Lipinski definition) is 5. The van der Waals surface area contributed by atoms with Crippen molar-refractivity contribution in [1.82, 2.24) is 14.9 Å². The number of anilines is 1. The first-order chi connectivity index (χ1) is 10.0. The number of aryl methyl sites for hydroxylation is 2. The highest BCUT2D eigenvalue weighted by Crippen LogP contribution is 2.28. The number of aromatic nitrogens is 2. The summed E-state index contributed by atoms with van der Waals surface area (Å²) >= 11 is 0. The molecule has 1 saturated carbocycles. The number of aliphatic carboxylic acids is 1. The molecule has 0 radical (unpaired) electrons. The number of carboxylic acids is 1. The van der Waals surface area contributed by atoms with Crippen LogP contribution in [0.25, 0.3) is 0 Å². The van der Waals surface area contributed by atoms with Crippen LogP contribution in [0.2, 0.25) is 0 Å². The monoisotopic (exact) mass is 292 g/mol. The molecule has 0 amide bonds. The topological polar surface area (TPSA) is 78.4 Å². The van der Waals surface area contributed by atoms with E-state index in [1.165, 1.54) is 0 Å². The second-order valence-electron chi connectivity index (χ2n) is 5.57. The molecule has 1 aromatic heterocycles. The molecule has 0 spiro atoms. The Morgan fingerprint density at radius 1 is 1.43 bits per heavy atom. The van der Waals surface area contributed by atoms with E-state index >= 15 is 0 Å². The average Bonchev–Trinajstić information content (AvgIpc) is 2.39. The average molecular weight is 292 g/mol. The molecule has 21 heavy (non-hydrogen) atoms. The number of nitrogens with zero attached hydrogens (tertiary/aromatic N) is 3. The molecule has 6 heteroatoms. The summed E-state index contributed by atoms with van der Waals surface area (Å²) in [6, 6.07) is 2.73. The lowest BCUT2D eigenvalue weighted by atomic mass is 9.85. The summed E-state index contributed by atoms with van der Waals surface area (Å²) in [6.45, 7) is 6.89. The van der Waals surface area contributed by atoms with Gasteiger partial charge in [-0.25, -0.2) is 9.97 Å². The largest absolute Gasteiger partial charge is 0.480 e. The predicted octanol–water partition coefficient (Wildman–Crippen LogP) is 1.70. The summed E-state index contributed by atoms with van der Waals surface area (Å²) in [6.07, 6.45) is 2.82. The van der Waals surface area contributed by atoms with E-state index in [0.717, 1.165) is 43.1 Å². The Hall–Kier alpha value is -1.69. The zero-order valence-corrected chi connectivity index (χ0v) is 13.0. The van der Waals surface area contributed by atoms with Crippen LogP contribution in [0.5, 0.6) is 0 Å². The maximum atomic E-state index is 10.8. The van der Waals surface area contributed by atoms with Gasteiger partial charge in [-0.2, -0.15) is 0 Å². The molecule has 0 bridgehead atoms. The first-order valence-corrected chi connectivity index (χ1v) is 7.58. The van der Waals surface area contributed by atoms with Crippen molar-refractivity contribution in [2.45, 2.75) is 52.1 Å². The van der Waals surface area contributed by atoms with Crippen LogP contribution in [-0.4, -0.2) is 51.1 Å². The van der Waals surface area contributed by atoms with Crippen molar-refractivity contribution in [2.24, 2.45) is 0 Å². The molecule has 0 saturated heterocycles. The lowest BCUT2D eigenvalue weighted by molar-refractivity contribution is -0.139. The minimum absolute atomic E-state index is 0.125. The van der Waals surface area contributed by atoms with Gasteiger partial charge in [-0.3, -0.25) is 9.69 Å². The van der Waals surface area contributed by atoms with Crippen molar-refractivity contribution >= 4 is 11.8 Å². The Morgan fingerprint density at radius 3 is 2.71 bits per heavy atom. The zero-order chi connectivity index (χ0) is 15.4. The van der Waals surface area contributed by atoms with Gasteiger partial charge in [0, 0.05) is 23.8 Å². The second kappa shape index (κ2) is 6.85. The summed E-state index contributed by atoms with van der Waals surface area (Å²) in [5.41, 5.74) is 1.04. The lowest BCUT2D eigenvalue weighted by Crippen LogP contribution is -2.51. The van der Waals surface area contributed by atoms with Gasteiger partial charge in [-0.05, 0) is 32.7 Å². The molecular formula is C15H24N4O2. The first-order valence-electron chi connectivity index (χ1n) is 7.58. The SMILES string of the molecule is CCc1cc(NC2CC(N(CC)CC(=O)O)C2)nc(C)n1. The Balaban J connectivity index is 1.87. The van der Waals surface area contributed by atoms with E-state index in [1.807, 2.05) is 24.8 Å². The van der Waals surface area contributed by atoms with Crippen LogP contribution >= 0.6 is 0 Å². The number of nitrogens with one attached hydrogen (secondary N) is 1. The molecule has 1 heterocycles. The number of carbonyl (C=O) groups is 1. The third kappa shape index (κ3) is 4.14. The highest BCUT2D eigenvalue weighted by molar-refractivity contribution is 5.69. The van der Waals surface area contributed by atoms with Crippen molar-refractivity contribution in [1.29, 1.82) is 0 Å². The van der Waals surface area contributed by atoms with Crippen molar-refractivity contribution in [3.05, 3.63) is 17.6 Å². The highest BCUT2D eigenvalue weighted by Gasteiger charge is 2.33. The number of rotatable bonds is 7. The van der Waals surface area contributed by atoms with Crippen LogP contribution in [0.15, 0.2) is 6.07 Å². The van der Waals surface area contributed by atoms with Crippen LogP contribution in [0.4, 0.5) is 5.82 Å². The lowest BCUT2D eigenvalue weighted by Gasteiger charge is -2.42. The van der Waals surface area contributed by atoms with Gasteiger partial charge in [0.25, 0.3) is 0 Å². The fourth-order valence-corrected chi connectivity index (χ4v) is 2.77. The normalized spacial score (nSPS) is 21.1. The summed E-state index contributed by atoms with van der Waals surface area (Å²) in [7, 11) is 0. The van der Waals surface area contributed by atoms with Crippen LogP contribution in [0.1, 0.15) is 38.2 Å². The van der Waals surface area contributed by atoms with E-state index in [1.54, 1.807) is 0 Å². The first kappa shape index (κ1) is 15.7. The molecule has 6 nitrogen and oxygen atoms in total. The molecule has 2 N–H and O–H groups in total. The third-order valence-corrected chi connectivity index (χ3v) is 3.98. The van der Waals surface area contributed by atoms with Crippen molar-refractivity contribution < 1.29 is 9.90 Å². The van der Waals surface area contributed by atoms with Crippen LogP contribution in [0, 0.1) is 6.92 Å². The summed E-state index contributed by atoms with van der Waals surface area (Å²) < 4.78 is 0. The van der Waals surface area contributed by atoms with E-state index < -0.39 is 5.97 Å².